The number of aliphatic imine (C=N–C) groups is 1. The number of guanidine groups is 1. The Morgan fingerprint density at radius 2 is 2.11 bits per heavy atom. The number of aliphatic hydroxyl groups is 1. The Bertz CT molecular complexity index is 594. The van der Waals surface area contributed by atoms with Crippen molar-refractivity contribution in [3.05, 3.63) is 29.8 Å². The first-order valence-electron chi connectivity index (χ1n) is 9.99. The highest BCUT2D eigenvalue weighted by atomic mass is 16.5. The predicted molar refractivity (Wildman–Crippen MR) is 109 cm³/mol. The molecule has 1 saturated carbocycles. The molecule has 6 nitrogen and oxygen atoms in total. The number of hydrogen-bond donors (Lipinski definition) is 3. The van der Waals surface area contributed by atoms with E-state index in [4.69, 9.17) is 14.5 Å². The number of nitrogens with zero attached hydrogens (tertiary/aromatic N) is 1. The SMILES string of the molecule is CCNC(=NCC1(C)CCCCC1O)NCCOCc1ccccc1OC. The largest absolute Gasteiger partial charge is 0.496 e. The van der Waals surface area contributed by atoms with E-state index in [1.54, 1.807) is 7.11 Å². The lowest BCUT2D eigenvalue weighted by Gasteiger charge is -2.37. The molecule has 6 heteroatoms. The summed E-state index contributed by atoms with van der Waals surface area (Å²) in [6.07, 6.45) is 3.93. The maximum absolute atomic E-state index is 10.3. The number of nitrogens with one attached hydrogen (secondary N) is 2. The monoisotopic (exact) mass is 377 g/mol. The third-order valence-electron chi connectivity index (χ3n) is 5.21. The zero-order chi connectivity index (χ0) is 19.5. The lowest BCUT2D eigenvalue weighted by molar-refractivity contribution is 0.00715. The van der Waals surface area contributed by atoms with Crippen molar-refractivity contribution in [2.24, 2.45) is 10.4 Å². The summed E-state index contributed by atoms with van der Waals surface area (Å²) in [5.41, 5.74) is 0.917. The van der Waals surface area contributed by atoms with Gasteiger partial charge in [-0.15, -0.1) is 0 Å². The van der Waals surface area contributed by atoms with Crippen LogP contribution in [0.2, 0.25) is 0 Å². The summed E-state index contributed by atoms with van der Waals surface area (Å²) in [5, 5.41) is 16.9. The lowest BCUT2D eigenvalue weighted by Crippen LogP contribution is -2.42. The number of rotatable bonds is 9. The summed E-state index contributed by atoms with van der Waals surface area (Å²) >= 11 is 0. The summed E-state index contributed by atoms with van der Waals surface area (Å²) in [7, 11) is 1.67. The van der Waals surface area contributed by atoms with E-state index < -0.39 is 0 Å². The van der Waals surface area contributed by atoms with Gasteiger partial charge in [-0.1, -0.05) is 38.0 Å². The van der Waals surface area contributed by atoms with Crippen LogP contribution in [0.4, 0.5) is 0 Å². The van der Waals surface area contributed by atoms with Gasteiger partial charge in [0.15, 0.2) is 5.96 Å². The average Bonchev–Trinajstić information content (AvgIpc) is 2.68. The predicted octanol–water partition coefficient (Wildman–Crippen LogP) is 2.71. The van der Waals surface area contributed by atoms with E-state index in [0.717, 1.165) is 43.1 Å². The van der Waals surface area contributed by atoms with Gasteiger partial charge >= 0.3 is 0 Å². The van der Waals surface area contributed by atoms with E-state index in [1.165, 1.54) is 6.42 Å². The Hall–Kier alpha value is -1.79. The van der Waals surface area contributed by atoms with Crippen molar-refractivity contribution in [1.29, 1.82) is 0 Å². The van der Waals surface area contributed by atoms with Crippen LogP contribution in [0.3, 0.4) is 0 Å². The van der Waals surface area contributed by atoms with Crippen molar-refractivity contribution in [3.8, 4) is 5.75 Å². The third-order valence-corrected chi connectivity index (χ3v) is 5.21. The van der Waals surface area contributed by atoms with Crippen molar-refractivity contribution < 1.29 is 14.6 Å². The molecule has 0 amide bonds. The lowest BCUT2D eigenvalue weighted by atomic mass is 9.73. The maximum atomic E-state index is 10.3. The summed E-state index contributed by atoms with van der Waals surface area (Å²) < 4.78 is 11.1. The number of para-hydroxylation sites is 1. The van der Waals surface area contributed by atoms with Crippen molar-refractivity contribution in [1.82, 2.24) is 10.6 Å². The molecule has 0 aromatic heterocycles. The fourth-order valence-electron chi connectivity index (χ4n) is 3.41. The van der Waals surface area contributed by atoms with E-state index in [9.17, 15) is 5.11 Å². The molecule has 1 fully saturated rings. The van der Waals surface area contributed by atoms with Crippen LogP contribution < -0.4 is 15.4 Å². The van der Waals surface area contributed by atoms with E-state index >= 15 is 0 Å². The molecule has 27 heavy (non-hydrogen) atoms. The Morgan fingerprint density at radius 1 is 1.30 bits per heavy atom. The highest BCUT2D eigenvalue weighted by Gasteiger charge is 2.35. The third kappa shape index (κ3) is 6.70. The molecule has 0 heterocycles. The molecule has 3 N–H and O–H groups in total. The quantitative estimate of drug-likeness (QED) is 0.350. The van der Waals surface area contributed by atoms with Gasteiger partial charge in [-0.25, -0.2) is 0 Å². The molecule has 152 valence electrons. The second-order valence-corrected chi connectivity index (χ2v) is 7.40. The maximum Gasteiger partial charge on any atom is 0.191 e. The fourth-order valence-corrected chi connectivity index (χ4v) is 3.41. The smallest absolute Gasteiger partial charge is 0.191 e. The number of aliphatic hydroxyl groups excluding tert-OH is 1. The van der Waals surface area contributed by atoms with E-state index in [1.807, 2.05) is 31.2 Å². The second-order valence-electron chi connectivity index (χ2n) is 7.40. The molecule has 0 saturated heterocycles. The first kappa shape index (κ1) is 21.5. The number of benzene rings is 1. The minimum Gasteiger partial charge on any atom is -0.496 e. The zero-order valence-corrected chi connectivity index (χ0v) is 17.0. The van der Waals surface area contributed by atoms with Crippen LogP contribution in [0, 0.1) is 5.41 Å². The molecule has 1 aromatic rings. The molecule has 0 spiro atoms. The summed E-state index contributed by atoms with van der Waals surface area (Å²) in [5.74, 6) is 1.62. The van der Waals surface area contributed by atoms with Crippen LogP contribution in [0.5, 0.6) is 5.75 Å². The molecular weight excluding hydrogens is 342 g/mol. The van der Waals surface area contributed by atoms with E-state index in [0.29, 0.717) is 26.3 Å². The van der Waals surface area contributed by atoms with Gasteiger partial charge in [0.25, 0.3) is 0 Å². The number of ether oxygens (including phenoxy) is 2. The Morgan fingerprint density at radius 3 is 2.85 bits per heavy atom. The van der Waals surface area contributed by atoms with Gasteiger partial charge < -0.3 is 25.2 Å². The van der Waals surface area contributed by atoms with Gasteiger partial charge in [-0.2, -0.15) is 0 Å². The Kier molecular flexibility index (Phi) is 8.88. The van der Waals surface area contributed by atoms with Gasteiger partial charge in [0, 0.05) is 24.1 Å². The van der Waals surface area contributed by atoms with Crippen LogP contribution in [-0.2, 0) is 11.3 Å². The molecule has 0 aliphatic heterocycles. The van der Waals surface area contributed by atoms with Gasteiger partial charge in [0.1, 0.15) is 5.75 Å². The molecular formula is C21H35N3O3. The van der Waals surface area contributed by atoms with Crippen molar-refractivity contribution in [3.63, 3.8) is 0 Å². The van der Waals surface area contributed by atoms with Crippen LogP contribution >= 0.6 is 0 Å². The second kappa shape index (κ2) is 11.1. The summed E-state index contributed by atoms with van der Waals surface area (Å²) in [6.45, 7) is 7.37. The zero-order valence-electron chi connectivity index (χ0n) is 17.0. The average molecular weight is 378 g/mol. The van der Waals surface area contributed by atoms with E-state index in [-0.39, 0.29) is 11.5 Å². The van der Waals surface area contributed by atoms with Gasteiger partial charge in [0.05, 0.1) is 33.0 Å². The number of hydrogen-bond acceptors (Lipinski definition) is 4. The molecule has 1 aliphatic rings. The van der Waals surface area contributed by atoms with Gasteiger partial charge in [-0.3, -0.25) is 4.99 Å². The molecule has 2 atom stereocenters. The van der Waals surface area contributed by atoms with Gasteiger partial charge in [0.2, 0.25) is 0 Å². The molecule has 2 rings (SSSR count). The minimum absolute atomic E-state index is 0.124. The molecule has 0 bridgehead atoms. The molecule has 1 aromatic carbocycles. The standard InChI is InChI=1S/C21H35N3O3/c1-4-22-20(24-16-21(2)12-8-7-11-19(21)25)23-13-14-27-15-17-9-5-6-10-18(17)26-3/h5-6,9-10,19,25H,4,7-8,11-16H2,1-3H3,(H2,22,23,24). The Balaban J connectivity index is 1.77. The molecule has 1 aliphatic carbocycles. The van der Waals surface area contributed by atoms with Crippen molar-refractivity contribution in [2.75, 3.05) is 33.4 Å². The van der Waals surface area contributed by atoms with Crippen LogP contribution in [0.1, 0.15) is 45.1 Å². The first-order valence-corrected chi connectivity index (χ1v) is 9.99. The van der Waals surface area contributed by atoms with Gasteiger partial charge in [-0.05, 0) is 25.8 Å². The number of methoxy groups -OCH3 is 1. The normalized spacial score (nSPS) is 23.1. The Labute approximate surface area is 163 Å². The fraction of sp³-hybridized carbons (Fsp3) is 0.667. The first-order chi connectivity index (χ1) is 13.1. The summed E-state index contributed by atoms with van der Waals surface area (Å²) in [6, 6.07) is 7.88. The van der Waals surface area contributed by atoms with E-state index in [2.05, 4.69) is 17.6 Å². The van der Waals surface area contributed by atoms with Crippen LogP contribution in [0.25, 0.3) is 0 Å². The van der Waals surface area contributed by atoms with Crippen LogP contribution in [0.15, 0.2) is 29.3 Å². The minimum atomic E-state index is -0.262. The molecule has 0 radical (unpaired) electrons. The van der Waals surface area contributed by atoms with Crippen LogP contribution in [-0.4, -0.2) is 50.5 Å². The van der Waals surface area contributed by atoms with Crippen molar-refractivity contribution in [2.45, 2.75) is 52.2 Å². The molecule has 2 unspecified atom stereocenters. The highest BCUT2D eigenvalue weighted by Crippen LogP contribution is 2.36. The highest BCUT2D eigenvalue weighted by molar-refractivity contribution is 5.79. The summed E-state index contributed by atoms with van der Waals surface area (Å²) in [4.78, 5) is 4.70. The topological polar surface area (TPSA) is 75.1 Å². The van der Waals surface area contributed by atoms with Crippen molar-refractivity contribution >= 4 is 5.96 Å².